The summed E-state index contributed by atoms with van der Waals surface area (Å²) in [4.78, 5) is 15.3. The van der Waals surface area contributed by atoms with Crippen molar-refractivity contribution >= 4 is 16.9 Å². The second-order valence-corrected chi connectivity index (χ2v) is 3.97. The molecule has 0 N–H and O–H groups in total. The number of pyridine rings is 1. The molecule has 16 heavy (non-hydrogen) atoms. The first kappa shape index (κ1) is 9.33. The van der Waals surface area contributed by atoms with E-state index >= 15 is 0 Å². The number of benzene rings is 1. The molecule has 80 valence electrons. The molecule has 0 saturated carbocycles. The van der Waals surface area contributed by atoms with Gasteiger partial charge in [-0.3, -0.25) is 9.78 Å². The van der Waals surface area contributed by atoms with Gasteiger partial charge in [0.2, 0.25) is 0 Å². The van der Waals surface area contributed by atoms with Crippen molar-refractivity contribution in [3.63, 3.8) is 0 Å². The van der Waals surface area contributed by atoms with Gasteiger partial charge in [-0.25, -0.2) is 0 Å². The van der Waals surface area contributed by atoms with Crippen LogP contribution >= 0.6 is 0 Å². The van der Waals surface area contributed by atoms with Crippen LogP contribution in [0.15, 0.2) is 36.5 Å². The molecule has 1 unspecified atom stereocenters. The van der Waals surface area contributed by atoms with Gasteiger partial charge in [-0.05, 0) is 30.2 Å². The summed E-state index contributed by atoms with van der Waals surface area (Å²) in [6, 6.07) is 9.93. The average Bonchev–Trinajstić information content (AvgIpc) is 2.75. The first-order valence-corrected chi connectivity index (χ1v) is 5.37. The molecule has 0 spiro atoms. The summed E-state index contributed by atoms with van der Waals surface area (Å²) in [7, 11) is 0. The van der Waals surface area contributed by atoms with Gasteiger partial charge in [0.05, 0.1) is 5.52 Å². The molecule has 0 bridgehead atoms. The first-order chi connectivity index (χ1) is 7.83. The van der Waals surface area contributed by atoms with E-state index in [9.17, 15) is 4.79 Å². The van der Waals surface area contributed by atoms with Gasteiger partial charge < -0.3 is 4.74 Å². The topological polar surface area (TPSA) is 39.2 Å². The second-order valence-electron chi connectivity index (χ2n) is 3.97. The molecule has 1 saturated heterocycles. The third-order valence-corrected chi connectivity index (χ3v) is 2.88. The fourth-order valence-electron chi connectivity index (χ4n) is 2.05. The molecule has 1 aliphatic rings. The third kappa shape index (κ3) is 1.54. The van der Waals surface area contributed by atoms with E-state index in [4.69, 9.17) is 4.74 Å². The molecule has 3 rings (SSSR count). The summed E-state index contributed by atoms with van der Waals surface area (Å²) in [6.07, 6.45) is 3.01. The fraction of sp³-hybridized carbons (Fsp3) is 0.231. The lowest BCUT2D eigenvalue weighted by Gasteiger charge is -2.09. The summed E-state index contributed by atoms with van der Waals surface area (Å²) < 4.78 is 5.24. The van der Waals surface area contributed by atoms with Gasteiger partial charge in [-0.2, -0.15) is 0 Å². The van der Waals surface area contributed by atoms with Crippen LogP contribution in [0, 0.1) is 0 Å². The van der Waals surface area contributed by atoms with Crippen molar-refractivity contribution < 1.29 is 9.53 Å². The molecule has 0 radical (unpaired) electrons. The van der Waals surface area contributed by atoms with Crippen molar-refractivity contribution in [2.24, 2.45) is 0 Å². The SMILES string of the molecule is O=C1CCC(c2ccc3ncccc3c2)O1. The zero-order chi connectivity index (χ0) is 11.0. The van der Waals surface area contributed by atoms with E-state index < -0.39 is 0 Å². The molecule has 2 heterocycles. The van der Waals surface area contributed by atoms with Crippen LogP contribution in [0.2, 0.25) is 0 Å². The van der Waals surface area contributed by atoms with Crippen molar-refractivity contribution in [2.45, 2.75) is 18.9 Å². The predicted octanol–water partition coefficient (Wildman–Crippen LogP) is 2.61. The number of cyclic esters (lactones) is 1. The number of ether oxygens (including phenoxy) is 1. The Morgan fingerprint density at radius 3 is 3.06 bits per heavy atom. The highest BCUT2D eigenvalue weighted by molar-refractivity contribution is 5.79. The van der Waals surface area contributed by atoms with Crippen LogP contribution in [0.3, 0.4) is 0 Å². The highest BCUT2D eigenvalue weighted by Gasteiger charge is 2.24. The zero-order valence-electron chi connectivity index (χ0n) is 8.72. The number of fused-ring (bicyclic) bond motifs is 1. The Bertz CT molecular complexity index is 550. The Morgan fingerprint density at radius 2 is 2.25 bits per heavy atom. The number of hydrogen-bond acceptors (Lipinski definition) is 3. The third-order valence-electron chi connectivity index (χ3n) is 2.88. The van der Waals surface area contributed by atoms with Gasteiger partial charge in [-0.15, -0.1) is 0 Å². The molecule has 2 aromatic rings. The summed E-state index contributed by atoms with van der Waals surface area (Å²) >= 11 is 0. The number of carbonyl (C=O) groups excluding carboxylic acids is 1. The zero-order valence-corrected chi connectivity index (χ0v) is 8.72. The van der Waals surface area contributed by atoms with E-state index in [-0.39, 0.29) is 12.1 Å². The Labute approximate surface area is 93.1 Å². The minimum atomic E-state index is -0.101. The monoisotopic (exact) mass is 213 g/mol. The number of rotatable bonds is 1. The van der Waals surface area contributed by atoms with Crippen molar-refractivity contribution in [3.8, 4) is 0 Å². The van der Waals surface area contributed by atoms with Crippen molar-refractivity contribution in [2.75, 3.05) is 0 Å². The van der Waals surface area contributed by atoms with Crippen LogP contribution in [0.25, 0.3) is 10.9 Å². The lowest BCUT2D eigenvalue weighted by molar-refractivity contribution is -0.141. The van der Waals surface area contributed by atoms with Crippen LogP contribution < -0.4 is 0 Å². The van der Waals surface area contributed by atoms with Crippen LogP contribution in [-0.2, 0) is 9.53 Å². The van der Waals surface area contributed by atoms with Gasteiger partial charge in [0.1, 0.15) is 6.10 Å². The van der Waals surface area contributed by atoms with Gasteiger partial charge >= 0.3 is 5.97 Å². The number of esters is 1. The molecular formula is C13H11NO2. The maximum absolute atomic E-state index is 11.1. The van der Waals surface area contributed by atoms with Gasteiger partial charge in [-0.1, -0.05) is 12.1 Å². The largest absolute Gasteiger partial charge is 0.457 e. The Hall–Kier alpha value is -1.90. The summed E-state index contributed by atoms with van der Waals surface area (Å²) in [5.74, 6) is -0.101. The van der Waals surface area contributed by atoms with Gasteiger partial charge in [0.25, 0.3) is 0 Å². The van der Waals surface area contributed by atoms with Gasteiger partial charge in [0.15, 0.2) is 0 Å². The molecule has 3 nitrogen and oxygen atoms in total. The minimum absolute atomic E-state index is 0.0721. The average molecular weight is 213 g/mol. The van der Waals surface area contributed by atoms with Crippen molar-refractivity contribution in [3.05, 3.63) is 42.1 Å². The second kappa shape index (κ2) is 3.59. The van der Waals surface area contributed by atoms with E-state index in [0.29, 0.717) is 6.42 Å². The van der Waals surface area contributed by atoms with Crippen molar-refractivity contribution in [1.29, 1.82) is 0 Å². The molecular weight excluding hydrogens is 202 g/mol. The van der Waals surface area contributed by atoms with Crippen LogP contribution in [0.1, 0.15) is 24.5 Å². The molecule has 1 aliphatic heterocycles. The Balaban J connectivity index is 2.02. The summed E-state index contributed by atoms with van der Waals surface area (Å²) in [5, 5.41) is 1.09. The number of nitrogens with zero attached hydrogens (tertiary/aromatic N) is 1. The van der Waals surface area contributed by atoms with E-state index in [2.05, 4.69) is 4.98 Å². The van der Waals surface area contributed by atoms with Crippen LogP contribution in [0.5, 0.6) is 0 Å². The van der Waals surface area contributed by atoms with Crippen LogP contribution in [-0.4, -0.2) is 11.0 Å². The minimum Gasteiger partial charge on any atom is -0.457 e. The number of hydrogen-bond donors (Lipinski definition) is 0. The first-order valence-electron chi connectivity index (χ1n) is 5.37. The quantitative estimate of drug-likeness (QED) is 0.683. The normalized spacial score (nSPS) is 20.0. The molecule has 1 aromatic heterocycles. The van der Waals surface area contributed by atoms with Crippen molar-refractivity contribution in [1.82, 2.24) is 4.98 Å². The maximum atomic E-state index is 11.1. The van der Waals surface area contributed by atoms with E-state index in [0.717, 1.165) is 22.9 Å². The Kier molecular flexibility index (Phi) is 2.10. The molecule has 0 amide bonds. The molecule has 1 aromatic carbocycles. The number of aromatic nitrogens is 1. The molecule has 3 heteroatoms. The number of carbonyl (C=O) groups is 1. The highest BCUT2D eigenvalue weighted by Crippen LogP contribution is 2.30. The maximum Gasteiger partial charge on any atom is 0.306 e. The highest BCUT2D eigenvalue weighted by atomic mass is 16.5. The molecule has 1 atom stereocenters. The van der Waals surface area contributed by atoms with E-state index in [1.54, 1.807) is 6.20 Å². The predicted molar refractivity (Wildman–Crippen MR) is 59.8 cm³/mol. The standard InChI is InChI=1S/C13H11NO2/c15-13-6-5-12(16-13)10-3-4-11-9(8-10)2-1-7-14-11/h1-4,7-8,12H,5-6H2. The van der Waals surface area contributed by atoms with E-state index in [1.165, 1.54) is 0 Å². The lowest BCUT2D eigenvalue weighted by atomic mass is 10.0. The fourth-order valence-corrected chi connectivity index (χ4v) is 2.05. The van der Waals surface area contributed by atoms with E-state index in [1.807, 2.05) is 30.3 Å². The Morgan fingerprint density at radius 1 is 1.31 bits per heavy atom. The summed E-state index contributed by atoms with van der Waals surface area (Å²) in [6.45, 7) is 0. The van der Waals surface area contributed by atoms with Gasteiger partial charge in [0, 0.05) is 18.0 Å². The molecule has 1 fully saturated rings. The smallest absolute Gasteiger partial charge is 0.306 e. The van der Waals surface area contributed by atoms with Crippen LogP contribution in [0.4, 0.5) is 0 Å². The summed E-state index contributed by atoms with van der Waals surface area (Å²) in [5.41, 5.74) is 2.03. The lowest BCUT2D eigenvalue weighted by Crippen LogP contribution is -1.98. The molecule has 0 aliphatic carbocycles.